The van der Waals surface area contributed by atoms with Crippen LogP contribution in [-0.2, 0) is 12.3 Å². The fourth-order valence-electron chi connectivity index (χ4n) is 2.26. The van der Waals surface area contributed by atoms with Gasteiger partial charge in [0.2, 0.25) is 0 Å². The van der Waals surface area contributed by atoms with E-state index in [0.29, 0.717) is 6.42 Å². The summed E-state index contributed by atoms with van der Waals surface area (Å²) in [5.74, 6) is -2.62. The van der Waals surface area contributed by atoms with Crippen molar-refractivity contribution in [1.82, 2.24) is 0 Å². The van der Waals surface area contributed by atoms with Gasteiger partial charge in [0.25, 0.3) is 5.92 Å². The van der Waals surface area contributed by atoms with Crippen LogP contribution < -0.4 is 10.5 Å². The van der Waals surface area contributed by atoms with Gasteiger partial charge in [0.05, 0.1) is 12.7 Å². The first-order chi connectivity index (χ1) is 8.25. The third-order valence-corrected chi connectivity index (χ3v) is 3.42. The number of aryl methyl sites for hydroxylation is 1. The van der Waals surface area contributed by atoms with Gasteiger partial charge in [-0.15, -0.1) is 0 Å². The topological polar surface area (TPSA) is 35.2 Å². The van der Waals surface area contributed by atoms with Gasteiger partial charge in [-0.1, -0.05) is 11.6 Å². The maximum absolute atomic E-state index is 13.6. The Balaban J connectivity index is 2.47. The average Bonchev–Trinajstić information content (AvgIpc) is 2.94. The maximum Gasteiger partial charge on any atom is 0.274 e. The lowest BCUT2D eigenvalue weighted by Crippen LogP contribution is -2.25. The summed E-state index contributed by atoms with van der Waals surface area (Å²) < 4.78 is 32.4. The highest BCUT2D eigenvalue weighted by molar-refractivity contribution is 5.47. The molecule has 1 aromatic rings. The number of benzene rings is 1. The monoisotopic (exact) mass is 255 g/mol. The molecule has 0 unspecified atom stereocenters. The van der Waals surface area contributed by atoms with E-state index >= 15 is 0 Å². The summed E-state index contributed by atoms with van der Waals surface area (Å²) in [6, 6.07) is 3.37. The predicted octanol–water partition coefficient (Wildman–Crippen LogP) is 3.15. The van der Waals surface area contributed by atoms with Crippen LogP contribution in [0.3, 0.4) is 0 Å². The van der Waals surface area contributed by atoms with E-state index in [2.05, 4.69) is 0 Å². The lowest BCUT2D eigenvalue weighted by atomic mass is 9.96. The normalized spacial score (nSPS) is 17.7. The molecular weight excluding hydrogens is 236 g/mol. The third kappa shape index (κ3) is 2.64. The summed E-state index contributed by atoms with van der Waals surface area (Å²) in [5.41, 5.74) is 7.39. The van der Waals surface area contributed by atoms with Gasteiger partial charge < -0.3 is 10.5 Å². The van der Waals surface area contributed by atoms with E-state index in [0.717, 1.165) is 30.9 Å². The Morgan fingerprint density at radius 2 is 2.00 bits per heavy atom. The highest BCUT2D eigenvalue weighted by Crippen LogP contribution is 2.42. The SMILES string of the molecule is COc1c(CC2(N)CC2)cc(C)cc1C(C)(F)F. The number of rotatable bonds is 4. The van der Waals surface area contributed by atoms with Gasteiger partial charge in [-0.3, -0.25) is 0 Å². The Bertz CT molecular complexity index is 462. The van der Waals surface area contributed by atoms with Crippen molar-refractivity contribution in [3.8, 4) is 5.75 Å². The maximum atomic E-state index is 13.6. The molecule has 1 aromatic carbocycles. The molecule has 0 heterocycles. The van der Waals surface area contributed by atoms with E-state index in [1.165, 1.54) is 13.2 Å². The zero-order valence-corrected chi connectivity index (χ0v) is 11.0. The summed E-state index contributed by atoms with van der Waals surface area (Å²) in [6.07, 6.45) is 2.49. The number of ether oxygens (including phenoxy) is 1. The highest BCUT2D eigenvalue weighted by Gasteiger charge is 2.40. The van der Waals surface area contributed by atoms with E-state index in [1.807, 2.05) is 13.0 Å². The summed E-state index contributed by atoms with van der Waals surface area (Å²) in [7, 11) is 1.43. The highest BCUT2D eigenvalue weighted by atomic mass is 19.3. The molecule has 0 spiro atoms. The first kappa shape index (κ1) is 13.3. The van der Waals surface area contributed by atoms with Crippen LogP contribution in [0.1, 0.15) is 36.5 Å². The molecular formula is C14H19F2NO. The fourth-order valence-corrected chi connectivity index (χ4v) is 2.26. The van der Waals surface area contributed by atoms with Crippen molar-refractivity contribution in [2.45, 2.75) is 44.6 Å². The van der Waals surface area contributed by atoms with Gasteiger partial charge >= 0.3 is 0 Å². The molecule has 0 atom stereocenters. The fraction of sp³-hybridized carbons (Fsp3) is 0.571. The molecule has 0 radical (unpaired) electrons. The Kier molecular flexibility index (Phi) is 3.09. The third-order valence-electron chi connectivity index (χ3n) is 3.42. The molecule has 18 heavy (non-hydrogen) atoms. The second-order valence-electron chi connectivity index (χ2n) is 5.43. The van der Waals surface area contributed by atoms with E-state index in [1.54, 1.807) is 0 Å². The van der Waals surface area contributed by atoms with E-state index < -0.39 is 5.92 Å². The Labute approximate surface area is 106 Å². The first-order valence-electron chi connectivity index (χ1n) is 6.10. The van der Waals surface area contributed by atoms with Gasteiger partial charge in [-0.2, -0.15) is 0 Å². The van der Waals surface area contributed by atoms with Crippen LogP contribution in [0.4, 0.5) is 8.78 Å². The smallest absolute Gasteiger partial charge is 0.274 e. The number of nitrogens with two attached hydrogens (primary N) is 1. The van der Waals surface area contributed by atoms with E-state index in [-0.39, 0.29) is 16.9 Å². The number of methoxy groups -OCH3 is 1. The number of hydrogen-bond donors (Lipinski definition) is 1. The van der Waals surface area contributed by atoms with Crippen LogP contribution in [0.25, 0.3) is 0 Å². The Hall–Kier alpha value is -1.16. The lowest BCUT2D eigenvalue weighted by molar-refractivity contribution is 0.0148. The van der Waals surface area contributed by atoms with Gasteiger partial charge in [0.15, 0.2) is 0 Å². The molecule has 1 fully saturated rings. The van der Waals surface area contributed by atoms with Crippen LogP contribution in [0, 0.1) is 6.92 Å². The quantitative estimate of drug-likeness (QED) is 0.897. The zero-order chi connectivity index (χ0) is 13.6. The molecule has 100 valence electrons. The molecule has 0 amide bonds. The van der Waals surface area contributed by atoms with Crippen LogP contribution in [0.2, 0.25) is 0 Å². The molecule has 1 saturated carbocycles. The lowest BCUT2D eigenvalue weighted by Gasteiger charge is -2.20. The second kappa shape index (κ2) is 4.19. The van der Waals surface area contributed by atoms with Crippen LogP contribution in [0.15, 0.2) is 12.1 Å². The van der Waals surface area contributed by atoms with Crippen molar-refractivity contribution >= 4 is 0 Å². The van der Waals surface area contributed by atoms with Crippen LogP contribution >= 0.6 is 0 Å². The molecule has 0 aromatic heterocycles. The van der Waals surface area contributed by atoms with Gasteiger partial charge in [-0.25, -0.2) is 8.78 Å². The van der Waals surface area contributed by atoms with Crippen molar-refractivity contribution in [3.05, 3.63) is 28.8 Å². The summed E-state index contributed by atoms with van der Waals surface area (Å²) >= 11 is 0. The Morgan fingerprint density at radius 1 is 1.39 bits per heavy atom. The van der Waals surface area contributed by atoms with Crippen molar-refractivity contribution in [2.24, 2.45) is 5.73 Å². The average molecular weight is 255 g/mol. The van der Waals surface area contributed by atoms with Gasteiger partial charge in [0.1, 0.15) is 5.75 Å². The molecule has 2 N–H and O–H groups in total. The molecule has 0 aliphatic heterocycles. The minimum atomic E-state index is -2.91. The second-order valence-corrected chi connectivity index (χ2v) is 5.43. The van der Waals surface area contributed by atoms with Crippen molar-refractivity contribution in [1.29, 1.82) is 0 Å². The molecule has 1 aliphatic carbocycles. The largest absolute Gasteiger partial charge is 0.496 e. The van der Waals surface area contributed by atoms with Crippen molar-refractivity contribution in [3.63, 3.8) is 0 Å². The summed E-state index contributed by atoms with van der Waals surface area (Å²) in [5, 5.41) is 0. The van der Waals surface area contributed by atoms with Crippen LogP contribution in [0.5, 0.6) is 5.75 Å². The minimum Gasteiger partial charge on any atom is -0.496 e. The molecule has 1 aliphatic rings. The first-order valence-corrected chi connectivity index (χ1v) is 6.10. The summed E-state index contributed by atoms with van der Waals surface area (Å²) in [6.45, 7) is 2.71. The molecule has 2 rings (SSSR count). The molecule has 4 heteroatoms. The molecule has 0 saturated heterocycles. The summed E-state index contributed by atoms with van der Waals surface area (Å²) in [4.78, 5) is 0. The number of hydrogen-bond acceptors (Lipinski definition) is 2. The molecule has 0 bridgehead atoms. The van der Waals surface area contributed by atoms with Gasteiger partial charge in [0, 0.05) is 12.5 Å². The van der Waals surface area contributed by atoms with E-state index in [4.69, 9.17) is 10.5 Å². The Morgan fingerprint density at radius 3 is 2.44 bits per heavy atom. The van der Waals surface area contributed by atoms with Crippen LogP contribution in [-0.4, -0.2) is 12.6 Å². The van der Waals surface area contributed by atoms with Crippen molar-refractivity contribution < 1.29 is 13.5 Å². The van der Waals surface area contributed by atoms with E-state index in [9.17, 15) is 8.78 Å². The zero-order valence-electron chi connectivity index (χ0n) is 11.0. The predicted molar refractivity (Wildman–Crippen MR) is 67.2 cm³/mol. The standard InChI is InChI=1S/C14H19F2NO/c1-9-6-10(8-14(17)4-5-14)12(18-3)11(7-9)13(2,15)16/h6-7H,4-5,8,17H2,1-3H3. The minimum absolute atomic E-state index is 0.0516. The van der Waals surface area contributed by atoms with Crippen molar-refractivity contribution in [2.75, 3.05) is 7.11 Å². The number of halogens is 2. The molecule has 2 nitrogen and oxygen atoms in total. The number of alkyl halides is 2. The van der Waals surface area contributed by atoms with Gasteiger partial charge in [-0.05, 0) is 37.8 Å².